The minimum Gasteiger partial charge on any atom is -0.347 e. The van der Waals surface area contributed by atoms with Crippen LogP contribution >= 0.6 is 11.6 Å². The molecule has 0 unspecified atom stereocenters. The summed E-state index contributed by atoms with van der Waals surface area (Å²) in [6, 6.07) is 11.1. The van der Waals surface area contributed by atoms with Gasteiger partial charge in [-0.1, -0.05) is 29.8 Å². The number of hydrogen-bond acceptors (Lipinski definition) is 2. The first-order valence-corrected chi connectivity index (χ1v) is 7.39. The minimum atomic E-state index is -0.441. The van der Waals surface area contributed by atoms with Crippen LogP contribution in [-0.4, -0.2) is 18.4 Å². The largest absolute Gasteiger partial charge is 0.347 e. The van der Waals surface area contributed by atoms with Crippen molar-refractivity contribution in [1.82, 2.24) is 5.32 Å². The Morgan fingerprint density at radius 3 is 2.57 bits per heavy atom. The second kappa shape index (κ2) is 7.74. The van der Waals surface area contributed by atoms with Gasteiger partial charge in [0.15, 0.2) is 0 Å². The van der Waals surface area contributed by atoms with E-state index in [2.05, 4.69) is 10.6 Å². The molecule has 0 aliphatic rings. The first-order chi connectivity index (χ1) is 11.0. The summed E-state index contributed by atoms with van der Waals surface area (Å²) in [5.74, 6) is -1.22. The van der Waals surface area contributed by atoms with Crippen molar-refractivity contribution < 1.29 is 14.0 Å². The Hall–Kier alpha value is -2.40. The predicted molar refractivity (Wildman–Crippen MR) is 87.9 cm³/mol. The maximum atomic E-state index is 13.4. The van der Waals surface area contributed by atoms with E-state index in [4.69, 9.17) is 11.6 Å². The van der Waals surface area contributed by atoms with E-state index in [0.29, 0.717) is 16.3 Å². The van der Waals surface area contributed by atoms with E-state index in [1.54, 1.807) is 30.3 Å². The van der Waals surface area contributed by atoms with Crippen molar-refractivity contribution in [1.29, 1.82) is 0 Å². The molecule has 0 aromatic heterocycles. The number of nitrogens with one attached hydrogen (secondary N) is 2. The normalized spacial score (nSPS) is 10.2. The summed E-state index contributed by atoms with van der Waals surface area (Å²) in [4.78, 5) is 23.6. The van der Waals surface area contributed by atoms with Gasteiger partial charge >= 0.3 is 0 Å². The molecule has 0 spiro atoms. The van der Waals surface area contributed by atoms with Crippen molar-refractivity contribution in [2.24, 2.45) is 0 Å². The van der Waals surface area contributed by atoms with Gasteiger partial charge < -0.3 is 10.6 Å². The van der Waals surface area contributed by atoms with E-state index in [9.17, 15) is 14.0 Å². The molecular weight excluding hydrogens is 319 g/mol. The van der Waals surface area contributed by atoms with Crippen LogP contribution in [0.2, 0.25) is 5.02 Å². The molecular formula is C17H16ClFN2O2. The number of benzene rings is 2. The zero-order valence-electron chi connectivity index (χ0n) is 12.5. The molecule has 2 aromatic carbocycles. The Morgan fingerprint density at radius 2 is 1.87 bits per heavy atom. The first-order valence-electron chi connectivity index (χ1n) is 7.02. The number of rotatable bonds is 5. The van der Waals surface area contributed by atoms with Crippen LogP contribution in [0.3, 0.4) is 0 Å². The van der Waals surface area contributed by atoms with E-state index in [1.165, 1.54) is 12.1 Å². The topological polar surface area (TPSA) is 58.2 Å². The zero-order chi connectivity index (χ0) is 16.8. The van der Waals surface area contributed by atoms with Crippen LogP contribution in [0.4, 0.5) is 10.1 Å². The molecule has 2 amide bonds. The summed E-state index contributed by atoms with van der Waals surface area (Å²) >= 11 is 5.85. The van der Waals surface area contributed by atoms with Gasteiger partial charge in [0, 0.05) is 10.7 Å². The molecule has 2 aromatic rings. The fourth-order valence-corrected chi connectivity index (χ4v) is 2.24. The lowest BCUT2D eigenvalue weighted by Crippen LogP contribution is -2.34. The Kier molecular flexibility index (Phi) is 5.71. The van der Waals surface area contributed by atoms with Crippen molar-refractivity contribution in [3.05, 3.63) is 64.4 Å². The molecule has 120 valence electrons. The lowest BCUT2D eigenvalue weighted by molar-refractivity contribution is -0.123. The van der Waals surface area contributed by atoms with Crippen LogP contribution in [0, 0.1) is 12.7 Å². The van der Waals surface area contributed by atoms with E-state index in [0.717, 1.165) is 5.56 Å². The fourth-order valence-electron chi connectivity index (χ4n) is 2.02. The number of halogens is 2. The number of amides is 2. The Balaban J connectivity index is 1.84. The maximum absolute atomic E-state index is 13.4. The predicted octanol–water partition coefficient (Wildman–Crippen LogP) is 3.08. The molecule has 2 N–H and O–H groups in total. The highest BCUT2D eigenvalue weighted by molar-refractivity contribution is 6.30. The van der Waals surface area contributed by atoms with E-state index in [-0.39, 0.29) is 18.9 Å². The lowest BCUT2D eigenvalue weighted by atomic mass is 10.1. The van der Waals surface area contributed by atoms with Crippen molar-refractivity contribution >= 4 is 29.1 Å². The molecule has 0 aliphatic heterocycles. The molecule has 23 heavy (non-hydrogen) atoms. The number of aryl methyl sites for hydroxylation is 1. The molecule has 0 atom stereocenters. The van der Waals surface area contributed by atoms with E-state index >= 15 is 0 Å². The molecule has 2 rings (SSSR count). The molecule has 4 nitrogen and oxygen atoms in total. The van der Waals surface area contributed by atoms with Crippen LogP contribution in [0.1, 0.15) is 11.1 Å². The fraction of sp³-hybridized carbons (Fsp3) is 0.176. The zero-order valence-corrected chi connectivity index (χ0v) is 13.3. The minimum absolute atomic E-state index is 0.111. The molecule has 0 fully saturated rings. The summed E-state index contributed by atoms with van der Waals surface area (Å²) in [6.45, 7) is 1.63. The molecule has 0 aliphatic carbocycles. The van der Waals surface area contributed by atoms with Gasteiger partial charge in [-0.15, -0.1) is 0 Å². The highest BCUT2D eigenvalue weighted by atomic mass is 35.5. The number of carbonyl (C=O) groups excluding carboxylic acids is 2. The molecule has 6 heteroatoms. The third kappa shape index (κ3) is 5.07. The van der Waals surface area contributed by atoms with Crippen LogP contribution in [0.5, 0.6) is 0 Å². The Bertz CT molecular complexity index is 734. The average molecular weight is 335 g/mol. The average Bonchev–Trinajstić information content (AvgIpc) is 2.50. The maximum Gasteiger partial charge on any atom is 0.243 e. The summed E-state index contributed by atoms with van der Waals surface area (Å²) in [5.41, 5.74) is 1.74. The van der Waals surface area contributed by atoms with Crippen LogP contribution in [0.25, 0.3) is 0 Å². The van der Waals surface area contributed by atoms with Crippen LogP contribution < -0.4 is 10.6 Å². The van der Waals surface area contributed by atoms with E-state index in [1.807, 2.05) is 6.92 Å². The first kappa shape index (κ1) is 17.0. The summed E-state index contributed by atoms with van der Waals surface area (Å²) < 4.78 is 13.4. The highest BCUT2D eigenvalue weighted by Crippen LogP contribution is 2.19. The van der Waals surface area contributed by atoms with Gasteiger partial charge in [0.25, 0.3) is 0 Å². The highest BCUT2D eigenvalue weighted by Gasteiger charge is 2.10. The SMILES string of the molecule is Cc1cc(Cl)ccc1NC(=O)CNC(=O)Cc1ccccc1F. The van der Waals surface area contributed by atoms with Crippen molar-refractivity contribution in [3.8, 4) is 0 Å². The summed E-state index contributed by atoms with van der Waals surface area (Å²) in [6.07, 6.45) is -0.111. The number of hydrogen-bond donors (Lipinski definition) is 2. The standard InChI is InChI=1S/C17H16ClFN2O2/c1-11-8-13(18)6-7-15(11)21-17(23)10-20-16(22)9-12-4-2-3-5-14(12)19/h2-8H,9-10H2,1H3,(H,20,22)(H,21,23). The third-order valence-electron chi connectivity index (χ3n) is 3.22. The summed E-state index contributed by atoms with van der Waals surface area (Å²) in [5, 5.41) is 5.73. The Morgan fingerprint density at radius 1 is 1.13 bits per heavy atom. The monoisotopic (exact) mass is 334 g/mol. The van der Waals surface area contributed by atoms with Crippen LogP contribution in [-0.2, 0) is 16.0 Å². The molecule has 0 saturated carbocycles. The molecule has 0 saturated heterocycles. The second-order valence-corrected chi connectivity index (χ2v) is 5.49. The van der Waals surface area contributed by atoms with Gasteiger partial charge in [0.1, 0.15) is 5.82 Å². The molecule has 0 bridgehead atoms. The molecule has 0 heterocycles. The van der Waals surface area contributed by atoms with Crippen molar-refractivity contribution in [3.63, 3.8) is 0 Å². The van der Waals surface area contributed by atoms with E-state index < -0.39 is 11.7 Å². The van der Waals surface area contributed by atoms with Crippen molar-refractivity contribution in [2.45, 2.75) is 13.3 Å². The smallest absolute Gasteiger partial charge is 0.243 e. The number of carbonyl (C=O) groups is 2. The van der Waals surface area contributed by atoms with Gasteiger partial charge in [0.2, 0.25) is 11.8 Å². The van der Waals surface area contributed by atoms with Gasteiger partial charge in [-0.2, -0.15) is 0 Å². The van der Waals surface area contributed by atoms with Gasteiger partial charge in [0.05, 0.1) is 13.0 Å². The Labute approximate surface area is 138 Å². The van der Waals surface area contributed by atoms with Crippen LogP contribution in [0.15, 0.2) is 42.5 Å². The van der Waals surface area contributed by atoms with Crippen molar-refractivity contribution in [2.75, 3.05) is 11.9 Å². The third-order valence-corrected chi connectivity index (χ3v) is 3.45. The summed E-state index contributed by atoms with van der Waals surface area (Å²) in [7, 11) is 0. The van der Waals surface area contributed by atoms with Gasteiger partial charge in [-0.25, -0.2) is 4.39 Å². The molecule has 0 radical (unpaired) electrons. The second-order valence-electron chi connectivity index (χ2n) is 5.05. The lowest BCUT2D eigenvalue weighted by Gasteiger charge is -2.10. The van der Waals surface area contributed by atoms with Gasteiger partial charge in [-0.3, -0.25) is 9.59 Å². The number of anilines is 1. The quantitative estimate of drug-likeness (QED) is 0.882. The van der Waals surface area contributed by atoms with Gasteiger partial charge in [-0.05, 0) is 42.3 Å².